The average Bonchev–Trinajstić information content (AvgIpc) is 2.78. The highest BCUT2D eigenvalue weighted by atomic mass is 19.4. The van der Waals surface area contributed by atoms with Crippen molar-refractivity contribution in [2.45, 2.75) is 26.1 Å². The summed E-state index contributed by atoms with van der Waals surface area (Å²) in [4.78, 5) is 11.2. The molecule has 0 bridgehead atoms. The quantitative estimate of drug-likeness (QED) is 0.618. The van der Waals surface area contributed by atoms with Gasteiger partial charge in [0.1, 0.15) is 0 Å². The third-order valence-corrected chi connectivity index (χ3v) is 2.28. The largest absolute Gasteiger partial charge is 0.466 e. The van der Waals surface area contributed by atoms with Crippen LogP contribution in [0, 0.1) is 0 Å². The minimum atomic E-state index is -4.45. The van der Waals surface area contributed by atoms with Gasteiger partial charge in [0.2, 0.25) is 0 Å². The molecular formula is C11H13F3N2O2. The van der Waals surface area contributed by atoms with E-state index in [9.17, 15) is 18.0 Å². The Morgan fingerprint density at radius 2 is 2.22 bits per heavy atom. The van der Waals surface area contributed by atoms with Gasteiger partial charge in [-0.15, -0.1) is 0 Å². The summed E-state index contributed by atoms with van der Waals surface area (Å²) in [6.07, 6.45) is -1.30. The van der Waals surface area contributed by atoms with E-state index in [1.807, 2.05) is 0 Å². The number of alkyl halides is 3. The number of hydrogen-bond donors (Lipinski definition) is 0. The van der Waals surface area contributed by atoms with Crippen LogP contribution in [0.15, 0.2) is 23.9 Å². The molecule has 0 amide bonds. The Hall–Kier alpha value is -1.79. The molecule has 4 nitrogen and oxygen atoms in total. The van der Waals surface area contributed by atoms with Crippen LogP contribution in [0.4, 0.5) is 13.2 Å². The predicted octanol–water partition coefficient (Wildman–Crippen LogP) is 2.41. The van der Waals surface area contributed by atoms with Gasteiger partial charge in [0.05, 0.1) is 13.7 Å². The molecule has 1 heterocycles. The maximum atomic E-state index is 12.3. The molecule has 0 atom stereocenters. The van der Waals surface area contributed by atoms with Gasteiger partial charge in [-0.2, -0.15) is 18.3 Å². The van der Waals surface area contributed by atoms with Gasteiger partial charge in [-0.1, -0.05) is 13.0 Å². The van der Waals surface area contributed by atoms with E-state index in [4.69, 9.17) is 0 Å². The minimum absolute atomic E-state index is 0.0916. The number of rotatable bonds is 4. The first-order valence-corrected chi connectivity index (χ1v) is 5.26. The van der Waals surface area contributed by atoms with Crippen LogP contribution in [0.5, 0.6) is 0 Å². The zero-order valence-electron chi connectivity index (χ0n) is 9.99. The molecule has 0 aliphatic carbocycles. The molecule has 0 unspecified atom stereocenters. The van der Waals surface area contributed by atoms with Crippen molar-refractivity contribution in [3.63, 3.8) is 0 Å². The number of esters is 1. The maximum Gasteiger partial charge on any atom is 0.435 e. The molecule has 0 saturated heterocycles. The van der Waals surface area contributed by atoms with Crippen molar-refractivity contribution in [1.29, 1.82) is 0 Å². The fraction of sp³-hybridized carbons (Fsp3) is 0.455. The molecule has 0 aliphatic rings. The molecule has 0 radical (unpaired) electrons. The van der Waals surface area contributed by atoms with E-state index in [2.05, 4.69) is 9.84 Å². The molecule has 0 fully saturated rings. The SMILES string of the molecule is CCC(=CCn1ccc(C(F)(F)F)n1)C(=O)OC. The molecule has 0 aromatic carbocycles. The Labute approximate surface area is 102 Å². The van der Waals surface area contributed by atoms with Crippen molar-refractivity contribution in [3.8, 4) is 0 Å². The number of ether oxygens (including phenoxy) is 1. The maximum absolute atomic E-state index is 12.3. The summed E-state index contributed by atoms with van der Waals surface area (Å²) in [5, 5.41) is 3.37. The number of carbonyl (C=O) groups is 1. The second kappa shape index (κ2) is 5.70. The minimum Gasteiger partial charge on any atom is -0.466 e. The smallest absolute Gasteiger partial charge is 0.435 e. The van der Waals surface area contributed by atoms with E-state index in [0.717, 1.165) is 10.7 Å². The van der Waals surface area contributed by atoms with Gasteiger partial charge in [0.15, 0.2) is 5.69 Å². The molecule has 0 N–H and O–H groups in total. The van der Waals surface area contributed by atoms with Gasteiger partial charge in [0, 0.05) is 11.8 Å². The normalized spacial score (nSPS) is 12.6. The Bertz CT molecular complexity index is 449. The van der Waals surface area contributed by atoms with Crippen LogP contribution in [0.3, 0.4) is 0 Å². The van der Waals surface area contributed by atoms with Crippen LogP contribution < -0.4 is 0 Å². The summed E-state index contributed by atoms with van der Waals surface area (Å²) in [6, 6.07) is 0.887. The third kappa shape index (κ3) is 3.61. The summed E-state index contributed by atoms with van der Waals surface area (Å²) < 4.78 is 42.5. The highest BCUT2D eigenvalue weighted by Crippen LogP contribution is 2.27. The average molecular weight is 262 g/mol. The van der Waals surface area contributed by atoms with Gasteiger partial charge in [0.25, 0.3) is 0 Å². The molecule has 1 aromatic rings. The lowest BCUT2D eigenvalue weighted by Crippen LogP contribution is -2.09. The summed E-state index contributed by atoms with van der Waals surface area (Å²) in [7, 11) is 1.25. The summed E-state index contributed by atoms with van der Waals surface area (Å²) in [6.45, 7) is 1.85. The van der Waals surface area contributed by atoms with Crippen LogP contribution in [-0.2, 0) is 22.3 Å². The first-order valence-electron chi connectivity index (χ1n) is 5.26. The van der Waals surface area contributed by atoms with Gasteiger partial charge < -0.3 is 4.74 Å². The molecule has 0 aliphatic heterocycles. The first kappa shape index (κ1) is 14.3. The van der Waals surface area contributed by atoms with Crippen molar-refractivity contribution in [2.75, 3.05) is 7.11 Å². The highest BCUT2D eigenvalue weighted by Gasteiger charge is 2.33. The van der Waals surface area contributed by atoms with Gasteiger partial charge in [-0.25, -0.2) is 4.79 Å². The summed E-state index contributed by atoms with van der Waals surface area (Å²) in [5.74, 6) is -0.485. The second-order valence-corrected chi connectivity index (χ2v) is 3.50. The van der Waals surface area contributed by atoms with Crippen LogP contribution in [-0.4, -0.2) is 22.9 Å². The Balaban J connectivity index is 2.77. The second-order valence-electron chi connectivity index (χ2n) is 3.50. The summed E-state index contributed by atoms with van der Waals surface area (Å²) >= 11 is 0. The van der Waals surface area contributed by atoms with Gasteiger partial charge in [-0.05, 0) is 12.5 Å². The van der Waals surface area contributed by atoms with E-state index in [1.54, 1.807) is 6.92 Å². The van der Waals surface area contributed by atoms with E-state index in [0.29, 0.717) is 12.0 Å². The lowest BCUT2D eigenvalue weighted by atomic mass is 10.2. The van der Waals surface area contributed by atoms with E-state index in [1.165, 1.54) is 19.4 Å². The Morgan fingerprint density at radius 1 is 1.56 bits per heavy atom. The predicted molar refractivity (Wildman–Crippen MR) is 57.6 cm³/mol. The van der Waals surface area contributed by atoms with Crippen molar-refractivity contribution >= 4 is 5.97 Å². The van der Waals surface area contributed by atoms with Crippen molar-refractivity contribution < 1.29 is 22.7 Å². The standard InChI is InChI=1S/C11H13F3N2O2/c1-3-8(10(17)18-2)4-6-16-7-5-9(15-16)11(12,13)14/h4-5,7H,3,6H2,1-2H3. The van der Waals surface area contributed by atoms with Crippen molar-refractivity contribution in [1.82, 2.24) is 9.78 Å². The van der Waals surface area contributed by atoms with Crippen LogP contribution in [0.2, 0.25) is 0 Å². The van der Waals surface area contributed by atoms with Gasteiger partial charge >= 0.3 is 12.1 Å². The fourth-order valence-corrected chi connectivity index (χ4v) is 1.32. The topological polar surface area (TPSA) is 44.1 Å². The number of hydrogen-bond acceptors (Lipinski definition) is 3. The molecule has 7 heteroatoms. The number of allylic oxidation sites excluding steroid dienone is 1. The molecular weight excluding hydrogens is 249 g/mol. The number of aromatic nitrogens is 2. The van der Waals surface area contributed by atoms with Gasteiger partial charge in [-0.3, -0.25) is 4.68 Å². The van der Waals surface area contributed by atoms with Crippen LogP contribution >= 0.6 is 0 Å². The van der Waals surface area contributed by atoms with Crippen LogP contribution in [0.25, 0.3) is 0 Å². The van der Waals surface area contributed by atoms with E-state index in [-0.39, 0.29) is 6.54 Å². The number of carbonyl (C=O) groups excluding carboxylic acids is 1. The number of nitrogens with zero attached hydrogens (tertiary/aromatic N) is 2. The van der Waals surface area contributed by atoms with Crippen molar-refractivity contribution in [3.05, 3.63) is 29.6 Å². The van der Waals surface area contributed by atoms with Crippen LogP contribution in [0.1, 0.15) is 19.0 Å². The molecule has 1 aromatic heterocycles. The molecule has 18 heavy (non-hydrogen) atoms. The fourth-order valence-electron chi connectivity index (χ4n) is 1.32. The lowest BCUT2D eigenvalue weighted by Gasteiger charge is -2.03. The summed E-state index contributed by atoms with van der Waals surface area (Å²) in [5.41, 5.74) is -0.548. The zero-order chi connectivity index (χ0) is 13.8. The zero-order valence-corrected chi connectivity index (χ0v) is 9.99. The highest BCUT2D eigenvalue weighted by molar-refractivity contribution is 5.88. The Morgan fingerprint density at radius 3 is 2.67 bits per heavy atom. The first-order chi connectivity index (χ1) is 8.38. The number of halogens is 3. The van der Waals surface area contributed by atoms with E-state index >= 15 is 0 Å². The van der Waals surface area contributed by atoms with Crippen molar-refractivity contribution in [2.24, 2.45) is 0 Å². The Kier molecular flexibility index (Phi) is 4.52. The molecule has 0 saturated carbocycles. The monoisotopic (exact) mass is 262 g/mol. The molecule has 1 rings (SSSR count). The lowest BCUT2D eigenvalue weighted by molar-refractivity contribution is -0.141. The van der Waals surface area contributed by atoms with E-state index < -0.39 is 17.8 Å². The number of methoxy groups -OCH3 is 1. The third-order valence-electron chi connectivity index (χ3n) is 2.28. The molecule has 0 spiro atoms. The molecule has 100 valence electrons.